The minimum atomic E-state index is 0.0869. The SMILES string of the molecule is CCCOc1nc(Cl)nc(Nc2ccc(OC)c(C)c2)n1. The van der Waals surface area contributed by atoms with Crippen molar-refractivity contribution in [1.82, 2.24) is 15.0 Å². The molecular weight excluding hydrogens is 292 g/mol. The molecule has 1 aromatic heterocycles. The normalized spacial score (nSPS) is 10.3. The zero-order chi connectivity index (χ0) is 15.2. The van der Waals surface area contributed by atoms with E-state index >= 15 is 0 Å². The minimum absolute atomic E-state index is 0.0869. The summed E-state index contributed by atoms with van der Waals surface area (Å²) in [7, 11) is 1.64. The Morgan fingerprint density at radius 3 is 2.71 bits per heavy atom. The molecular formula is C14H17ClN4O2. The van der Waals surface area contributed by atoms with Gasteiger partial charge in [-0.1, -0.05) is 6.92 Å². The van der Waals surface area contributed by atoms with Crippen molar-refractivity contribution < 1.29 is 9.47 Å². The predicted octanol–water partition coefficient (Wildman–Crippen LogP) is 3.37. The van der Waals surface area contributed by atoms with Gasteiger partial charge in [-0.25, -0.2) is 0 Å². The van der Waals surface area contributed by atoms with Gasteiger partial charge in [-0.3, -0.25) is 0 Å². The molecule has 2 rings (SSSR count). The van der Waals surface area contributed by atoms with Crippen LogP contribution in [0.5, 0.6) is 11.8 Å². The molecule has 0 amide bonds. The maximum atomic E-state index is 5.87. The number of hydrogen-bond donors (Lipinski definition) is 1. The van der Waals surface area contributed by atoms with Gasteiger partial charge in [0.1, 0.15) is 5.75 Å². The smallest absolute Gasteiger partial charge is 0.322 e. The van der Waals surface area contributed by atoms with Crippen LogP contribution in [0.3, 0.4) is 0 Å². The van der Waals surface area contributed by atoms with E-state index in [4.69, 9.17) is 21.1 Å². The highest BCUT2D eigenvalue weighted by molar-refractivity contribution is 6.28. The van der Waals surface area contributed by atoms with Crippen LogP contribution in [0.1, 0.15) is 18.9 Å². The topological polar surface area (TPSA) is 69.2 Å². The zero-order valence-corrected chi connectivity index (χ0v) is 12.9. The van der Waals surface area contributed by atoms with Crippen LogP contribution in [0, 0.1) is 6.92 Å². The average Bonchev–Trinajstić information content (AvgIpc) is 2.45. The first-order valence-corrected chi connectivity index (χ1v) is 6.96. The molecule has 0 aliphatic rings. The summed E-state index contributed by atoms with van der Waals surface area (Å²) in [5, 5.41) is 3.16. The van der Waals surface area contributed by atoms with E-state index in [2.05, 4.69) is 20.3 Å². The molecule has 0 saturated heterocycles. The molecule has 2 aromatic rings. The van der Waals surface area contributed by atoms with Gasteiger partial charge in [0.05, 0.1) is 13.7 Å². The van der Waals surface area contributed by atoms with Gasteiger partial charge in [0.2, 0.25) is 11.2 Å². The van der Waals surface area contributed by atoms with Crippen molar-refractivity contribution in [3.63, 3.8) is 0 Å². The van der Waals surface area contributed by atoms with Crippen LogP contribution in [0.15, 0.2) is 18.2 Å². The lowest BCUT2D eigenvalue weighted by Crippen LogP contribution is -2.05. The summed E-state index contributed by atoms with van der Waals surface area (Å²) < 4.78 is 10.6. The van der Waals surface area contributed by atoms with Crippen LogP contribution < -0.4 is 14.8 Å². The van der Waals surface area contributed by atoms with Crippen molar-refractivity contribution in [3.05, 3.63) is 29.0 Å². The Kier molecular flexibility index (Phi) is 5.16. The molecule has 1 heterocycles. The predicted molar refractivity (Wildman–Crippen MR) is 81.6 cm³/mol. The number of methoxy groups -OCH3 is 1. The Bertz CT molecular complexity index is 622. The van der Waals surface area contributed by atoms with E-state index in [1.807, 2.05) is 32.0 Å². The maximum Gasteiger partial charge on any atom is 0.322 e. The van der Waals surface area contributed by atoms with E-state index in [1.165, 1.54) is 0 Å². The summed E-state index contributed by atoms with van der Waals surface area (Å²) in [5.41, 5.74) is 1.84. The fourth-order valence-electron chi connectivity index (χ4n) is 1.73. The van der Waals surface area contributed by atoms with Crippen molar-refractivity contribution >= 4 is 23.2 Å². The van der Waals surface area contributed by atoms with E-state index in [-0.39, 0.29) is 11.3 Å². The van der Waals surface area contributed by atoms with Gasteiger partial charge in [0, 0.05) is 5.69 Å². The molecule has 0 unspecified atom stereocenters. The second-order valence-corrected chi connectivity index (χ2v) is 4.71. The average molecular weight is 309 g/mol. The first-order chi connectivity index (χ1) is 10.1. The van der Waals surface area contributed by atoms with Crippen LogP contribution in [-0.4, -0.2) is 28.7 Å². The molecule has 1 aromatic carbocycles. The van der Waals surface area contributed by atoms with E-state index < -0.39 is 0 Å². The molecule has 6 nitrogen and oxygen atoms in total. The molecule has 0 bridgehead atoms. The molecule has 0 spiro atoms. The molecule has 7 heteroatoms. The Morgan fingerprint density at radius 2 is 2.05 bits per heavy atom. The lowest BCUT2D eigenvalue weighted by atomic mass is 10.2. The Labute approximate surface area is 128 Å². The molecule has 112 valence electrons. The fourth-order valence-corrected chi connectivity index (χ4v) is 1.88. The number of ether oxygens (including phenoxy) is 2. The van der Waals surface area contributed by atoms with Crippen LogP contribution in [0.4, 0.5) is 11.6 Å². The largest absolute Gasteiger partial charge is 0.496 e. The molecule has 21 heavy (non-hydrogen) atoms. The van der Waals surface area contributed by atoms with Gasteiger partial charge in [0.15, 0.2) is 0 Å². The van der Waals surface area contributed by atoms with Crippen LogP contribution >= 0.6 is 11.6 Å². The Morgan fingerprint density at radius 1 is 1.24 bits per heavy atom. The summed E-state index contributed by atoms with van der Waals surface area (Å²) in [6.07, 6.45) is 0.865. The van der Waals surface area contributed by atoms with Crippen LogP contribution in [0.2, 0.25) is 5.28 Å². The van der Waals surface area contributed by atoms with E-state index in [0.29, 0.717) is 12.6 Å². The fraction of sp³-hybridized carbons (Fsp3) is 0.357. The minimum Gasteiger partial charge on any atom is -0.496 e. The summed E-state index contributed by atoms with van der Waals surface area (Å²) in [6.45, 7) is 4.49. The van der Waals surface area contributed by atoms with Gasteiger partial charge >= 0.3 is 6.01 Å². The lowest BCUT2D eigenvalue weighted by molar-refractivity contribution is 0.292. The second-order valence-electron chi connectivity index (χ2n) is 4.37. The third-order valence-electron chi connectivity index (χ3n) is 2.67. The molecule has 1 N–H and O–H groups in total. The van der Waals surface area contributed by atoms with E-state index in [1.54, 1.807) is 7.11 Å². The highest BCUT2D eigenvalue weighted by Crippen LogP contribution is 2.23. The number of halogens is 1. The van der Waals surface area contributed by atoms with Crippen molar-refractivity contribution in [1.29, 1.82) is 0 Å². The molecule has 0 radical (unpaired) electrons. The van der Waals surface area contributed by atoms with Crippen LogP contribution in [-0.2, 0) is 0 Å². The number of hydrogen-bond acceptors (Lipinski definition) is 6. The van der Waals surface area contributed by atoms with Crippen molar-refractivity contribution in [2.75, 3.05) is 19.0 Å². The Balaban J connectivity index is 2.18. The zero-order valence-electron chi connectivity index (χ0n) is 12.2. The molecule has 0 atom stereocenters. The Hall–Kier alpha value is -2.08. The number of rotatable bonds is 6. The second kappa shape index (κ2) is 7.08. The lowest BCUT2D eigenvalue weighted by Gasteiger charge is -2.09. The van der Waals surface area contributed by atoms with E-state index in [0.717, 1.165) is 23.4 Å². The van der Waals surface area contributed by atoms with Gasteiger partial charge in [-0.2, -0.15) is 15.0 Å². The standard InChI is InChI=1S/C14H17ClN4O2/c1-4-7-21-14-18-12(15)17-13(19-14)16-10-5-6-11(20-3)9(2)8-10/h5-6,8H,4,7H2,1-3H3,(H,16,17,18,19). The number of aromatic nitrogens is 3. The van der Waals surface area contributed by atoms with Crippen molar-refractivity contribution in [3.8, 4) is 11.8 Å². The maximum absolute atomic E-state index is 5.87. The summed E-state index contributed by atoms with van der Waals surface area (Å²) in [5.74, 6) is 1.16. The van der Waals surface area contributed by atoms with Gasteiger partial charge in [-0.05, 0) is 48.7 Å². The number of anilines is 2. The van der Waals surface area contributed by atoms with Crippen molar-refractivity contribution in [2.45, 2.75) is 20.3 Å². The number of nitrogens with one attached hydrogen (secondary N) is 1. The summed E-state index contributed by atoms with van der Waals surface area (Å²) in [4.78, 5) is 12.1. The first kappa shape index (κ1) is 15.3. The molecule has 0 aliphatic heterocycles. The van der Waals surface area contributed by atoms with E-state index in [9.17, 15) is 0 Å². The third-order valence-corrected chi connectivity index (χ3v) is 2.84. The number of benzene rings is 1. The van der Waals surface area contributed by atoms with Gasteiger partial charge in [0.25, 0.3) is 0 Å². The molecule has 0 saturated carbocycles. The summed E-state index contributed by atoms with van der Waals surface area (Å²) >= 11 is 5.87. The highest BCUT2D eigenvalue weighted by Gasteiger charge is 2.07. The monoisotopic (exact) mass is 308 g/mol. The highest BCUT2D eigenvalue weighted by atomic mass is 35.5. The van der Waals surface area contributed by atoms with Crippen molar-refractivity contribution in [2.24, 2.45) is 0 Å². The molecule has 0 aliphatic carbocycles. The third kappa shape index (κ3) is 4.19. The van der Waals surface area contributed by atoms with Gasteiger partial charge in [-0.15, -0.1) is 0 Å². The quantitative estimate of drug-likeness (QED) is 0.882. The number of nitrogens with zero attached hydrogens (tertiary/aromatic N) is 3. The first-order valence-electron chi connectivity index (χ1n) is 6.58. The van der Waals surface area contributed by atoms with Crippen LogP contribution in [0.25, 0.3) is 0 Å². The number of aryl methyl sites for hydroxylation is 1. The molecule has 0 fully saturated rings. The summed E-state index contributed by atoms with van der Waals surface area (Å²) in [6, 6.07) is 5.89. The van der Waals surface area contributed by atoms with Gasteiger partial charge < -0.3 is 14.8 Å².